The van der Waals surface area contributed by atoms with Crippen molar-refractivity contribution in [2.75, 3.05) is 18.3 Å². The maximum absolute atomic E-state index is 11.9. The molecule has 2 amide bonds. The number of benzene rings is 1. The van der Waals surface area contributed by atoms with E-state index in [9.17, 15) is 14.4 Å². The first-order chi connectivity index (χ1) is 11.6. The topological polar surface area (TPSA) is 93.7 Å². The van der Waals surface area contributed by atoms with Crippen molar-refractivity contribution in [1.29, 1.82) is 0 Å². The lowest BCUT2D eigenvalue weighted by Crippen LogP contribution is -2.45. The molecule has 2 N–H and O–H groups in total. The molecule has 1 aromatic carbocycles. The van der Waals surface area contributed by atoms with E-state index in [0.717, 1.165) is 5.56 Å². The van der Waals surface area contributed by atoms with E-state index in [1.165, 1.54) is 7.11 Å². The van der Waals surface area contributed by atoms with Crippen LogP contribution < -0.4 is 10.6 Å². The van der Waals surface area contributed by atoms with E-state index in [1.807, 2.05) is 0 Å². The number of carbonyl (C=O) groups is 3. The Hall–Kier alpha value is -2.28. The summed E-state index contributed by atoms with van der Waals surface area (Å²) in [5, 5.41) is 5.12. The van der Waals surface area contributed by atoms with Gasteiger partial charge < -0.3 is 20.1 Å². The molecule has 0 aliphatic carbocycles. The van der Waals surface area contributed by atoms with E-state index < -0.39 is 23.7 Å². The number of hydrogen-bond donors (Lipinski definition) is 2. The van der Waals surface area contributed by atoms with Crippen molar-refractivity contribution in [3.63, 3.8) is 0 Å². The summed E-state index contributed by atoms with van der Waals surface area (Å²) in [5.41, 5.74) is 0.687. The number of alkyl carbamates (subject to hydrolysis) is 1. The quantitative estimate of drug-likeness (QED) is 0.592. The minimum atomic E-state index is -0.886. The second-order valence-electron chi connectivity index (χ2n) is 6.30. The van der Waals surface area contributed by atoms with Crippen LogP contribution in [0.1, 0.15) is 26.3 Å². The highest BCUT2D eigenvalue weighted by Crippen LogP contribution is 2.13. The molecule has 0 spiro atoms. The summed E-state index contributed by atoms with van der Waals surface area (Å²) in [6, 6.07) is 5.94. The van der Waals surface area contributed by atoms with Crippen molar-refractivity contribution in [1.82, 2.24) is 5.32 Å². The van der Waals surface area contributed by atoms with Gasteiger partial charge in [-0.2, -0.15) is 0 Å². The van der Waals surface area contributed by atoms with Gasteiger partial charge in [-0.1, -0.05) is 12.1 Å². The molecule has 1 unspecified atom stereocenters. The summed E-state index contributed by atoms with van der Waals surface area (Å²) in [4.78, 5) is 35.0. The van der Waals surface area contributed by atoms with Gasteiger partial charge in [-0.15, -0.1) is 11.6 Å². The Morgan fingerprint density at radius 2 is 1.76 bits per heavy atom. The van der Waals surface area contributed by atoms with Crippen LogP contribution in [0, 0.1) is 0 Å². The summed E-state index contributed by atoms with van der Waals surface area (Å²) in [5.74, 6) is -1.02. The Labute approximate surface area is 152 Å². The van der Waals surface area contributed by atoms with Crippen molar-refractivity contribution in [2.45, 2.75) is 38.8 Å². The van der Waals surface area contributed by atoms with E-state index >= 15 is 0 Å². The van der Waals surface area contributed by atoms with Crippen molar-refractivity contribution < 1.29 is 23.9 Å². The fraction of sp³-hybridized carbons (Fsp3) is 0.471. The van der Waals surface area contributed by atoms with Gasteiger partial charge >= 0.3 is 12.1 Å². The first kappa shape index (κ1) is 20.8. The summed E-state index contributed by atoms with van der Waals surface area (Å²) < 4.78 is 9.88. The van der Waals surface area contributed by atoms with E-state index in [4.69, 9.17) is 21.1 Å². The van der Waals surface area contributed by atoms with Gasteiger partial charge in [0.25, 0.3) is 0 Å². The van der Waals surface area contributed by atoms with Gasteiger partial charge in [-0.25, -0.2) is 9.59 Å². The Kier molecular flexibility index (Phi) is 7.70. The van der Waals surface area contributed by atoms with E-state index in [0.29, 0.717) is 5.69 Å². The van der Waals surface area contributed by atoms with Crippen molar-refractivity contribution in [3.8, 4) is 0 Å². The van der Waals surface area contributed by atoms with E-state index in [2.05, 4.69) is 10.6 Å². The number of rotatable bonds is 6. The minimum Gasteiger partial charge on any atom is -0.467 e. The molecule has 7 nitrogen and oxygen atoms in total. The molecular weight excluding hydrogens is 348 g/mol. The van der Waals surface area contributed by atoms with Gasteiger partial charge in [0.05, 0.1) is 7.11 Å². The lowest BCUT2D eigenvalue weighted by molar-refractivity contribution is -0.143. The highest BCUT2D eigenvalue weighted by atomic mass is 35.5. The predicted molar refractivity (Wildman–Crippen MR) is 94.7 cm³/mol. The molecule has 0 radical (unpaired) electrons. The monoisotopic (exact) mass is 370 g/mol. The Morgan fingerprint density at radius 1 is 1.16 bits per heavy atom. The van der Waals surface area contributed by atoms with Crippen molar-refractivity contribution in [2.24, 2.45) is 0 Å². The lowest BCUT2D eigenvalue weighted by Gasteiger charge is -2.22. The maximum atomic E-state index is 11.9. The zero-order valence-corrected chi connectivity index (χ0v) is 15.5. The van der Waals surface area contributed by atoms with Gasteiger partial charge in [0.15, 0.2) is 0 Å². The molecule has 0 saturated heterocycles. The number of carbonyl (C=O) groups excluding carboxylic acids is 3. The SMILES string of the molecule is COC(=O)C(Cc1ccc(NC(=O)CCl)cc1)NC(=O)OC(C)(C)C. The average molecular weight is 371 g/mol. The smallest absolute Gasteiger partial charge is 0.408 e. The van der Waals surface area contributed by atoms with Crippen LogP contribution in [0.4, 0.5) is 10.5 Å². The Morgan fingerprint density at radius 3 is 2.24 bits per heavy atom. The number of hydrogen-bond acceptors (Lipinski definition) is 5. The number of methoxy groups -OCH3 is 1. The number of esters is 1. The second-order valence-corrected chi connectivity index (χ2v) is 6.57. The molecule has 0 saturated carbocycles. The number of ether oxygens (including phenoxy) is 2. The third kappa shape index (κ3) is 7.89. The third-order valence-electron chi connectivity index (χ3n) is 2.98. The van der Waals surface area contributed by atoms with Crippen molar-refractivity contribution >= 4 is 35.3 Å². The molecular formula is C17H23ClN2O5. The minimum absolute atomic E-state index is 0.133. The van der Waals surface area contributed by atoms with Crippen LogP contribution in [0.25, 0.3) is 0 Å². The molecule has 0 aliphatic heterocycles. The van der Waals surface area contributed by atoms with E-state index in [-0.39, 0.29) is 18.2 Å². The van der Waals surface area contributed by atoms with Crippen LogP contribution in [0.3, 0.4) is 0 Å². The normalized spacial score (nSPS) is 12.0. The van der Waals surface area contributed by atoms with Gasteiger partial charge in [-0.3, -0.25) is 4.79 Å². The number of anilines is 1. The lowest BCUT2D eigenvalue weighted by atomic mass is 10.1. The average Bonchev–Trinajstić information content (AvgIpc) is 2.53. The molecule has 0 bridgehead atoms. The van der Waals surface area contributed by atoms with Crippen LogP contribution in [-0.4, -0.2) is 42.6 Å². The maximum Gasteiger partial charge on any atom is 0.408 e. The molecule has 1 rings (SSSR count). The van der Waals surface area contributed by atoms with Gasteiger partial charge in [-0.05, 0) is 38.5 Å². The summed E-state index contributed by atoms with van der Waals surface area (Å²) >= 11 is 5.43. The molecule has 0 aliphatic rings. The number of alkyl halides is 1. The van der Waals surface area contributed by atoms with Crippen LogP contribution in [-0.2, 0) is 25.5 Å². The highest BCUT2D eigenvalue weighted by molar-refractivity contribution is 6.29. The van der Waals surface area contributed by atoms with Crippen LogP contribution in [0.15, 0.2) is 24.3 Å². The van der Waals surface area contributed by atoms with Crippen LogP contribution >= 0.6 is 11.6 Å². The Balaban J connectivity index is 2.76. The fourth-order valence-corrected chi connectivity index (χ4v) is 2.01. The number of nitrogens with one attached hydrogen (secondary N) is 2. The predicted octanol–water partition coefficient (Wildman–Crippen LogP) is 2.47. The zero-order valence-electron chi connectivity index (χ0n) is 14.7. The summed E-state index contributed by atoms with van der Waals surface area (Å²) in [6.07, 6.45) is -0.482. The molecule has 0 heterocycles. The number of halogens is 1. The van der Waals surface area contributed by atoms with Gasteiger partial charge in [0, 0.05) is 12.1 Å². The van der Waals surface area contributed by atoms with Gasteiger partial charge in [0.1, 0.15) is 17.5 Å². The first-order valence-corrected chi connectivity index (χ1v) is 8.20. The fourth-order valence-electron chi connectivity index (χ4n) is 1.94. The first-order valence-electron chi connectivity index (χ1n) is 7.66. The molecule has 1 aromatic rings. The zero-order chi connectivity index (χ0) is 19.0. The third-order valence-corrected chi connectivity index (χ3v) is 3.22. The van der Waals surface area contributed by atoms with Crippen LogP contribution in [0.5, 0.6) is 0 Å². The largest absolute Gasteiger partial charge is 0.467 e. The highest BCUT2D eigenvalue weighted by Gasteiger charge is 2.25. The molecule has 0 fully saturated rings. The molecule has 25 heavy (non-hydrogen) atoms. The van der Waals surface area contributed by atoms with Crippen molar-refractivity contribution in [3.05, 3.63) is 29.8 Å². The molecule has 0 aromatic heterocycles. The molecule has 138 valence electrons. The Bertz CT molecular complexity index is 610. The molecule has 8 heteroatoms. The van der Waals surface area contributed by atoms with Crippen LogP contribution in [0.2, 0.25) is 0 Å². The second kappa shape index (κ2) is 9.27. The number of amides is 2. The van der Waals surface area contributed by atoms with Gasteiger partial charge in [0.2, 0.25) is 5.91 Å². The van der Waals surface area contributed by atoms with E-state index in [1.54, 1.807) is 45.0 Å². The summed E-state index contributed by atoms with van der Waals surface area (Å²) in [6.45, 7) is 5.19. The standard InChI is InChI=1S/C17H23ClN2O5/c1-17(2,3)25-16(23)20-13(15(22)24-4)9-11-5-7-12(8-6-11)19-14(21)10-18/h5-8,13H,9-10H2,1-4H3,(H,19,21)(H,20,23). The summed E-state index contributed by atoms with van der Waals surface area (Å²) in [7, 11) is 1.25. The molecule has 1 atom stereocenters.